The van der Waals surface area contributed by atoms with Gasteiger partial charge in [-0.3, -0.25) is 14.7 Å². The average molecular weight is 453 g/mol. The summed E-state index contributed by atoms with van der Waals surface area (Å²) in [4.78, 5) is 30.4. The summed E-state index contributed by atoms with van der Waals surface area (Å²) < 4.78 is 45.1. The van der Waals surface area contributed by atoms with Crippen LogP contribution < -0.4 is 0 Å². The van der Waals surface area contributed by atoms with Crippen LogP contribution in [-0.2, 0) is 22.7 Å². The van der Waals surface area contributed by atoms with Crippen molar-refractivity contribution in [1.82, 2.24) is 14.8 Å². The number of carboxylic acid groups (broad SMARTS) is 1. The van der Waals surface area contributed by atoms with Gasteiger partial charge < -0.3 is 10.0 Å². The van der Waals surface area contributed by atoms with Crippen molar-refractivity contribution in [3.63, 3.8) is 0 Å². The molecule has 6 nitrogen and oxygen atoms in total. The second-order valence-electron chi connectivity index (χ2n) is 7.98. The van der Waals surface area contributed by atoms with Gasteiger partial charge in [-0.1, -0.05) is 18.2 Å². The maximum Gasteiger partial charge on any atom is 0.490 e. The Hall–Kier alpha value is -3.01. The van der Waals surface area contributed by atoms with E-state index in [1.165, 1.54) is 12.1 Å². The zero-order valence-electron chi connectivity index (χ0n) is 17.3. The predicted octanol–water partition coefficient (Wildman–Crippen LogP) is 3.25. The quantitative estimate of drug-likeness (QED) is 0.720. The second kappa shape index (κ2) is 9.64. The van der Waals surface area contributed by atoms with Crippen molar-refractivity contribution in [2.45, 2.75) is 26.2 Å². The number of hydrogen-bond acceptors (Lipinski definition) is 4. The van der Waals surface area contributed by atoms with Gasteiger partial charge in [0.25, 0.3) is 0 Å². The first-order valence-corrected chi connectivity index (χ1v) is 10.0. The molecular formula is C22H23F4N3O3. The maximum absolute atomic E-state index is 13.3. The van der Waals surface area contributed by atoms with E-state index in [1.807, 2.05) is 36.1 Å². The van der Waals surface area contributed by atoms with Gasteiger partial charge in [-0.25, -0.2) is 9.18 Å². The molecule has 0 spiro atoms. The molecule has 1 N–H and O–H groups in total. The van der Waals surface area contributed by atoms with Crippen molar-refractivity contribution < 1.29 is 32.3 Å². The van der Waals surface area contributed by atoms with Crippen LogP contribution in [0, 0.1) is 24.6 Å². The molecule has 2 aliphatic rings. The first-order valence-electron chi connectivity index (χ1n) is 10.0. The largest absolute Gasteiger partial charge is 0.490 e. The van der Waals surface area contributed by atoms with Crippen LogP contribution in [0.2, 0.25) is 0 Å². The topological polar surface area (TPSA) is 73.7 Å². The standard InChI is InChI=1S/C20H22FN3O.C2HF3O2/c1-14-4-2-7-18(22-14)12-23-10-16-11-24(20(25)19(16)13-23)9-15-5-3-6-17(21)8-15;3-2(4,5)1(6)7/h2-8,16,19H,9-13H2,1H3;(H,6,7)/t16-,19-;/m0./s1. The van der Waals surface area contributed by atoms with Crippen molar-refractivity contribution in [2.24, 2.45) is 11.8 Å². The lowest BCUT2D eigenvalue weighted by atomic mass is 10.0. The SMILES string of the molecule is Cc1cccc(CN2C[C@H]3CN(Cc4cccc(F)c4)C(=O)[C@H]3C2)n1.O=C(O)C(F)(F)F. The fraction of sp³-hybridized carbons (Fsp3) is 0.409. The monoisotopic (exact) mass is 453 g/mol. The number of alkyl halides is 3. The zero-order valence-corrected chi connectivity index (χ0v) is 17.3. The van der Waals surface area contributed by atoms with E-state index >= 15 is 0 Å². The highest BCUT2D eigenvalue weighted by atomic mass is 19.4. The number of benzene rings is 1. The lowest BCUT2D eigenvalue weighted by Crippen LogP contribution is -2.32. The number of likely N-dealkylation sites (tertiary alicyclic amines) is 2. The number of carbonyl (C=O) groups is 2. The second-order valence-corrected chi connectivity index (χ2v) is 7.98. The normalized spacial score (nSPS) is 20.7. The van der Waals surface area contributed by atoms with E-state index < -0.39 is 12.1 Å². The molecule has 2 saturated heterocycles. The van der Waals surface area contributed by atoms with Gasteiger partial charge in [0.05, 0.1) is 11.6 Å². The summed E-state index contributed by atoms with van der Waals surface area (Å²) in [6.07, 6.45) is -5.08. The summed E-state index contributed by atoms with van der Waals surface area (Å²) in [5.74, 6) is -2.37. The predicted molar refractivity (Wildman–Crippen MR) is 107 cm³/mol. The molecule has 1 aromatic carbocycles. The highest BCUT2D eigenvalue weighted by Gasteiger charge is 2.45. The van der Waals surface area contributed by atoms with E-state index in [0.29, 0.717) is 12.5 Å². The number of nitrogens with zero attached hydrogens (tertiary/aromatic N) is 3. The highest BCUT2D eigenvalue weighted by Crippen LogP contribution is 2.33. The van der Waals surface area contributed by atoms with Crippen LogP contribution >= 0.6 is 0 Å². The molecule has 0 bridgehead atoms. The average Bonchev–Trinajstić information content (AvgIpc) is 3.20. The highest BCUT2D eigenvalue weighted by molar-refractivity contribution is 5.82. The van der Waals surface area contributed by atoms with E-state index in [1.54, 1.807) is 6.07 Å². The number of aromatic nitrogens is 1. The Kier molecular flexibility index (Phi) is 7.12. The van der Waals surface area contributed by atoms with Crippen LogP contribution in [0.4, 0.5) is 17.6 Å². The van der Waals surface area contributed by atoms with E-state index in [0.717, 1.165) is 43.1 Å². The smallest absolute Gasteiger partial charge is 0.475 e. The van der Waals surface area contributed by atoms with Crippen molar-refractivity contribution in [3.05, 3.63) is 65.2 Å². The minimum Gasteiger partial charge on any atom is -0.475 e. The molecule has 1 aromatic heterocycles. The van der Waals surface area contributed by atoms with Gasteiger partial charge in [-0.2, -0.15) is 13.2 Å². The van der Waals surface area contributed by atoms with E-state index in [9.17, 15) is 22.4 Å². The van der Waals surface area contributed by atoms with Crippen LogP contribution in [0.3, 0.4) is 0 Å². The van der Waals surface area contributed by atoms with Gasteiger partial charge in [0.2, 0.25) is 5.91 Å². The van der Waals surface area contributed by atoms with Gasteiger partial charge in [0, 0.05) is 44.3 Å². The molecule has 0 unspecified atom stereocenters. The number of hydrogen-bond donors (Lipinski definition) is 1. The fourth-order valence-corrected chi connectivity index (χ4v) is 4.08. The lowest BCUT2D eigenvalue weighted by molar-refractivity contribution is -0.192. The Morgan fingerprint density at radius 2 is 1.81 bits per heavy atom. The number of amides is 1. The number of carbonyl (C=O) groups excluding carboxylic acids is 1. The van der Waals surface area contributed by atoms with Gasteiger partial charge in [0.1, 0.15) is 5.82 Å². The number of aryl methyl sites for hydroxylation is 1. The number of pyridine rings is 1. The fourth-order valence-electron chi connectivity index (χ4n) is 4.08. The molecule has 4 rings (SSSR count). The Bertz CT molecular complexity index is 983. The third kappa shape index (κ3) is 6.03. The summed E-state index contributed by atoms with van der Waals surface area (Å²) in [5.41, 5.74) is 2.94. The zero-order chi connectivity index (χ0) is 23.5. The maximum atomic E-state index is 13.3. The molecule has 3 heterocycles. The number of aliphatic carboxylic acids is 1. The van der Waals surface area contributed by atoms with Gasteiger partial charge in [-0.15, -0.1) is 0 Å². The molecule has 2 aromatic rings. The van der Waals surface area contributed by atoms with Gasteiger partial charge in [0.15, 0.2) is 0 Å². The summed E-state index contributed by atoms with van der Waals surface area (Å²) in [6, 6.07) is 12.6. The van der Waals surface area contributed by atoms with E-state index in [4.69, 9.17) is 9.90 Å². The molecule has 172 valence electrons. The van der Waals surface area contributed by atoms with E-state index in [2.05, 4.69) is 9.88 Å². The molecule has 0 aliphatic carbocycles. The van der Waals surface area contributed by atoms with Crippen molar-refractivity contribution in [3.8, 4) is 0 Å². The number of rotatable bonds is 4. The van der Waals surface area contributed by atoms with Gasteiger partial charge >= 0.3 is 12.1 Å². The van der Waals surface area contributed by atoms with Crippen LogP contribution in [0.1, 0.15) is 17.0 Å². The minimum atomic E-state index is -5.08. The third-order valence-electron chi connectivity index (χ3n) is 5.44. The Morgan fingerprint density at radius 3 is 2.41 bits per heavy atom. The third-order valence-corrected chi connectivity index (χ3v) is 5.44. The van der Waals surface area contributed by atoms with Crippen LogP contribution in [0.15, 0.2) is 42.5 Å². The van der Waals surface area contributed by atoms with Crippen molar-refractivity contribution in [1.29, 1.82) is 0 Å². The summed E-state index contributed by atoms with van der Waals surface area (Å²) in [7, 11) is 0. The van der Waals surface area contributed by atoms with Crippen LogP contribution in [-0.4, -0.2) is 57.6 Å². The molecular weight excluding hydrogens is 430 g/mol. The molecule has 1 amide bonds. The molecule has 2 aliphatic heterocycles. The number of fused-ring (bicyclic) bond motifs is 1. The molecule has 10 heteroatoms. The molecule has 32 heavy (non-hydrogen) atoms. The minimum absolute atomic E-state index is 0.0679. The molecule has 2 fully saturated rings. The van der Waals surface area contributed by atoms with Crippen molar-refractivity contribution >= 4 is 11.9 Å². The van der Waals surface area contributed by atoms with Crippen molar-refractivity contribution in [2.75, 3.05) is 19.6 Å². The molecule has 0 saturated carbocycles. The Morgan fingerprint density at radius 1 is 1.12 bits per heavy atom. The van der Waals surface area contributed by atoms with Crippen LogP contribution in [0.5, 0.6) is 0 Å². The summed E-state index contributed by atoms with van der Waals surface area (Å²) in [6.45, 7) is 5.77. The van der Waals surface area contributed by atoms with E-state index in [-0.39, 0.29) is 17.6 Å². The molecule has 0 radical (unpaired) electrons. The van der Waals surface area contributed by atoms with Crippen LogP contribution in [0.25, 0.3) is 0 Å². The Labute approximate surface area is 182 Å². The first-order chi connectivity index (χ1) is 15.0. The number of carboxylic acids is 1. The lowest BCUT2D eigenvalue weighted by Gasteiger charge is -2.21. The number of halogens is 4. The summed E-state index contributed by atoms with van der Waals surface area (Å²) in [5, 5.41) is 7.12. The first kappa shape index (κ1) is 23.6. The van der Waals surface area contributed by atoms with Gasteiger partial charge in [-0.05, 0) is 36.8 Å². The summed E-state index contributed by atoms with van der Waals surface area (Å²) >= 11 is 0. The molecule has 2 atom stereocenters. The Balaban J connectivity index is 0.000000360.